The molecule has 1 N–H and O–H groups in total. The lowest BCUT2D eigenvalue weighted by Gasteiger charge is -2.17. The molecule has 0 saturated heterocycles. The SMILES string of the molecule is c1cnc2c(c1)-n1nccc1CN2. The van der Waals surface area contributed by atoms with E-state index in [2.05, 4.69) is 15.4 Å². The van der Waals surface area contributed by atoms with Crippen molar-refractivity contribution in [2.24, 2.45) is 0 Å². The molecule has 3 heterocycles. The maximum atomic E-state index is 4.23. The quantitative estimate of drug-likeness (QED) is 0.649. The van der Waals surface area contributed by atoms with Gasteiger partial charge in [-0.3, -0.25) is 0 Å². The molecule has 2 aromatic rings. The highest BCUT2D eigenvalue weighted by Crippen LogP contribution is 2.22. The highest BCUT2D eigenvalue weighted by atomic mass is 15.3. The average molecular weight is 172 g/mol. The van der Waals surface area contributed by atoms with Crippen molar-refractivity contribution in [1.82, 2.24) is 14.8 Å². The zero-order chi connectivity index (χ0) is 8.67. The van der Waals surface area contributed by atoms with Gasteiger partial charge in [0.1, 0.15) is 5.69 Å². The van der Waals surface area contributed by atoms with Crippen LogP contribution in [0.1, 0.15) is 5.69 Å². The normalized spacial score (nSPS) is 12.9. The summed E-state index contributed by atoms with van der Waals surface area (Å²) >= 11 is 0. The number of pyridine rings is 1. The summed E-state index contributed by atoms with van der Waals surface area (Å²) in [7, 11) is 0. The van der Waals surface area contributed by atoms with E-state index in [0.29, 0.717) is 0 Å². The summed E-state index contributed by atoms with van der Waals surface area (Å²) in [6.45, 7) is 0.796. The first-order chi connectivity index (χ1) is 6.45. The lowest BCUT2D eigenvalue weighted by atomic mass is 10.3. The van der Waals surface area contributed by atoms with Crippen molar-refractivity contribution < 1.29 is 0 Å². The maximum Gasteiger partial charge on any atom is 0.152 e. The molecule has 0 atom stereocenters. The van der Waals surface area contributed by atoms with Crippen LogP contribution >= 0.6 is 0 Å². The van der Waals surface area contributed by atoms with Gasteiger partial charge in [-0.2, -0.15) is 5.10 Å². The molecular weight excluding hydrogens is 164 g/mol. The molecule has 0 fully saturated rings. The van der Waals surface area contributed by atoms with E-state index in [1.165, 1.54) is 5.69 Å². The van der Waals surface area contributed by atoms with Crippen LogP contribution in [0.2, 0.25) is 0 Å². The van der Waals surface area contributed by atoms with E-state index in [4.69, 9.17) is 0 Å². The van der Waals surface area contributed by atoms with Crippen LogP contribution in [-0.2, 0) is 6.54 Å². The van der Waals surface area contributed by atoms with Crippen LogP contribution in [0.4, 0.5) is 5.82 Å². The highest BCUT2D eigenvalue weighted by Gasteiger charge is 2.14. The Morgan fingerprint density at radius 2 is 2.31 bits per heavy atom. The van der Waals surface area contributed by atoms with Gasteiger partial charge in [0.25, 0.3) is 0 Å². The highest BCUT2D eigenvalue weighted by molar-refractivity contribution is 5.57. The molecule has 13 heavy (non-hydrogen) atoms. The first-order valence-corrected chi connectivity index (χ1v) is 4.17. The second-order valence-electron chi connectivity index (χ2n) is 2.96. The summed E-state index contributed by atoms with van der Waals surface area (Å²) in [4.78, 5) is 4.23. The molecule has 3 rings (SSSR count). The van der Waals surface area contributed by atoms with Crippen LogP contribution in [0.3, 0.4) is 0 Å². The Morgan fingerprint density at radius 1 is 1.31 bits per heavy atom. The fourth-order valence-electron chi connectivity index (χ4n) is 1.56. The van der Waals surface area contributed by atoms with Gasteiger partial charge in [-0.05, 0) is 18.2 Å². The third-order valence-corrected chi connectivity index (χ3v) is 2.17. The average Bonchev–Trinajstić information content (AvgIpc) is 2.65. The number of hydrogen-bond donors (Lipinski definition) is 1. The Balaban J connectivity index is 2.30. The van der Waals surface area contributed by atoms with E-state index >= 15 is 0 Å². The molecular formula is C9H8N4. The smallest absolute Gasteiger partial charge is 0.152 e. The number of aromatic nitrogens is 3. The minimum atomic E-state index is 0.796. The molecule has 0 unspecified atom stereocenters. The zero-order valence-electron chi connectivity index (χ0n) is 6.94. The number of hydrogen-bond acceptors (Lipinski definition) is 3. The standard InChI is InChI=1S/C9H8N4/c1-2-8-9(10-4-1)11-6-7-3-5-12-13(7)8/h1-5H,6H2,(H,10,11). The van der Waals surface area contributed by atoms with Crippen LogP contribution in [0.25, 0.3) is 5.69 Å². The number of rotatable bonds is 0. The van der Waals surface area contributed by atoms with E-state index in [1.807, 2.05) is 22.9 Å². The van der Waals surface area contributed by atoms with Crippen LogP contribution in [0.15, 0.2) is 30.6 Å². The Kier molecular flexibility index (Phi) is 1.19. The summed E-state index contributed by atoms with van der Waals surface area (Å²) in [5.74, 6) is 0.902. The summed E-state index contributed by atoms with van der Waals surface area (Å²) in [6.07, 6.45) is 3.58. The second-order valence-corrected chi connectivity index (χ2v) is 2.96. The largest absolute Gasteiger partial charge is 0.363 e. The van der Waals surface area contributed by atoms with E-state index in [1.54, 1.807) is 12.4 Å². The monoisotopic (exact) mass is 172 g/mol. The van der Waals surface area contributed by atoms with Gasteiger partial charge < -0.3 is 5.32 Å². The molecule has 0 radical (unpaired) electrons. The maximum absolute atomic E-state index is 4.23. The van der Waals surface area contributed by atoms with Crippen molar-refractivity contribution in [3.63, 3.8) is 0 Å². The van der Waals surface area contributed by atoms with Crippen LogP contribution in [0, 0.1) is 0 Å². The van der Waals surface area contributed by atoms with Crippen molar-refractivity contribution in [3.05, 3.63) is 36.3 Å². The summed E-state index contributed by atoms with van der Waals surface area (Å²) in [6, 6.07) is 5.92. The lowest BCUT2D eigenvalue weighted by molar-refractivity contribution is 0.787. The van der Waals surface area contributed by atoms with Gasteiger partial charge in [-0.1, -0.05) is 0 Å². The minimum Gasteiger partial charge on any atom is -0.363 e. The topological polar surface area (TPSA) is 42.7 Å². The molecule has 0 bridgehead atoms. The molecule has 1 aliphatic heterocycles. The molecule has 64 valence electrons. The first-order valence-electron chi connectivity index (χ1n) is 4.17. The van der Waals surface area contributed by atoms with Gasteiger partial charge in [0.05, 0.1) is 12.2 Å². The number of nitrogens with one attached hydrogen (secondary N) is 1. The molecule has 0 amide bonds. The van der Waals surface area contributed by atoms with E-state index < -0.39 is 0 Å². The van der Waals surface area contributed by atoms with Gasteiger partial charge >= 0.3 is 0 Å². The zero-order valence-corrected chi connectivity index (χ0v) is 6.94. The van der Waals surface area contributed by atoms with Gasteiger partial charge in [0.15, 0.2) is 5.82 Å². The molecule has 0 aromatic carbocycles. The van der Waals surface area contributed by atoms with Gasteiger partial charge in [0, 0.05) is 12.4 Å². The Labute approximate surface area is 75.2 Å². The Hall–Kier alpha value is -1.84. The first kappa shape index (κ1) is 6.65. The fourth-order valence-corrected chi connectivity index (χ4v) is 1.56. The Morgan fingerprint density at radius 3 is 3.31 bits per heavy atom. The molecule has 0 spiro atoms. The third kappa shape index (κ3) is 0.853. The number of nitrogens with zero attached hydrogens (tertiary/aromatic N) is 3. The minimum absolute atomic E-state index is 0.796. The predicted molar refractivity (Wildman–Crippen MR) is 48.7 cm³/mol. The molecule has 2 aromatic heterocycles. The predicted octanol–water partition coefficient (Wildman–Crippen LogP) is 1.19. The van der Waals surface area contributed by atoms with Crippen LogP contribution in [-0.4, -0.2) is 14.8 Å². The van der Waals surface area contributed by atoms with Crippen molar-refractivity contribution in [1.29, 1.82) is 0 Å². The van der Waals surface area contributed by atoms with Crippen LogP contribution < -0.4 is 5.32 Å². The van der Waals surface area contributed by atoms with E-state index in [-0.39, 0.29) is 0 Å². The third-order valence-electron chi connectivity index (χ3n) is 2.17. The molecule has 0 aliphatic carbocycles. The van der Waals surface area contributed by atoms with E-state index in [9.17, 15) is 0 Å². The summed E-state index contributed by atoms with van der Waals surface area (Å²) in [5.41, 5.74) is 2.19. The summed E-state index contributed by atoms with van der Waals surface area (Å²) in [5, 5.41) is 7.47. The van der Waals surface area contributed by atoms with Gasteiger partial charge in [0.2, 0.25) is 0 Å². The molecule has 4 nitrogen and oxygen atoms in total. The lowest BCUT2D eigenvalue weighted by Crippen LogP contribution is -2.16. The molecule has 0 saturated carbocycles. The van der Waals surface area contributed by atoms with E-state index in [0.717, 1.165) is 18.1 Å². The van der Waals surface area contributed by atoms with Gasteiger partial charge in [-0.15, -0.1) is 0 Å². The molecule has 1 aliphatic rings. The van der Waals surface area contributed by atoms with Crippen molar-refractivity contribution in [3.8, 4) is 5.69 Å². The van der Waals surface area contributed by atoms with Crippen molar-refractivity contribution >= 4 is 5.82 Å². The Bertz CT molecular complexity index is 446. The second kappa shape index (κ2) is 2.32. The number of fused-ring (bicyclic) bond motifs is 3. The summed E-state index contributed by atoms with van der Waals surface area (Å²) < 4.78 is 1.92. The van der Waals surface area contributed by atoms with Crippen LogP contribution in [0.5, 0.6) is 0 Å². The molecule has 4 heteroatoms. The van der Waals surface area contributed by atoms with Gasteiger partial charge in [-0.25, -0.2) is 9.67 Å². The van der Waals surface area contributed by atoms with Crippen molar-refractivity contribution in [2.45, 2.75) is 6.54 Å². The van der Waals surface area contributed by atoms with Crippen molar-refractivity contribution in [2.75, 3.05) is 5.32 Å². The number of anilines is 1. The fraction of sp³-hybridized carbons (Fsp3) is 0.111.